The van der Waals surface area contributed by atoms with Gasteiger partial charge in [0.05, 0.1) is 25.1 Å². The SMILES string of the molecule is O=C(O)c1cc2c(cc1[N+](=O)[O-])[C@@H]1[C@H]([C@@H]3[C@H]2[C@@]2(Cl)C(Cl)=C(Cl)[C@@]3(Cl)C2(Cl)Cl)[C@@]2(Cl)C(Cl)=C(Cl)[C@@]1(Cl)C2(Cl)Cl. The zero-order valence-electron chi connectivity index (χ0n) is 17.6. The van der Waals surface area contributed by atoms with Crippen molar-refractivity contribution < 1.29 is 14.8 Å². The van der Waals surface area contributed by atoms with E-state index in [9.17, 15) is 20.0 Å². The minimum atomic E-state index is -2.12. The third kappa shape index (κ3) is 2.56. The van der Waals surface area contributed by atoms with Crippen molar-refractivity contribution in [2.24, 2.45) is 11.8 Å². The standard InChI is InChI=1S/C21H7Cl12NO4/c22-11-13(24)18(28)9-7(16(11,26)20(18,30)31)3-1-5(15(35)36)6(34(37)38)2-4(3)8-10(9)19(29)14(25)12(23)17(8,27)21(19,32)33/h1-2,7-10H,(H,35,36)/t7-,8+,9-,10+,16+,17+,18+,19+/m0/s1. The number of fused-ring (bicyclic) bond motifs is 14. The van der Waals surface area contributed by atoms with E-state index in [1.807, 2.05) is 0 Å². The topological polar surface area (TPSA) is 80.4 Å². The number of halogens is 12. The van der Waals surface area contributed by atoms with Crippen molar-refractivity contribution in [2.45, 2.75) is 40.0 Å². The largest absolute Gasteiger partial charge is 0.477 e. The van der Waals surface area contributed by atoms with E-state index in [0.717, 1.165) is 12.1 Å². The van der Waals surface area contributed by atoms with E-state index in [-0.39, 0.29) is 31.3 Å². The lowest BCUT2D eigenvalue weighted by atomic mass is 9.57. The van der Waals surface area contributed by atoms with Crippen molar-refractivity contribution in [3.63, 3.8) is 0 Å². The molecule has 0 radical (unpaired) electrons. The smallest absolute Gasteiger partial charge is 0.342 e. The number of rotatable bonds is 2. The Morgan fingerprint density at radius 1 is 0.711 bits per heavy atom. The van der Waals surface area contributed by atoms with E-state index < -0.39 is 74.0 Å². The molecule has 6 rings (SSSR count). The molecule has 1 aromatic carbocycles. The predicted molar refractivity (Wildman–Crippen MR) is 153 cm³/mol. The molecule has 4 bridgehead atoms. The minimum absolute atomic E-state index is 0.135. The number of nitro benzene ring substituents is 1. The highest BCUT2D eigenvalue weighted by Crippen LogP contribution is 2.88. The number of allylic oxidation sites excluding steroid dienone is 4. The van der Waals surface area contributed by atoms with Gasteiger partial charge in [-0.2, -0.15) is 0 Å². The van der Waals surface area contributed by atoms with Crippen LogP contribution in [0.1, 0.15) is 33.3 Å². The fourth-order valence-corrected chi connectivity index (χ4v) is 13.3. The van der Waals surface area contributed by atoms with Crippen LogP contribution in [0.2, 0.25) is 0 Å². The second-order valence-electron chi connectivity index (χ2n) is 9.82. The van der Waals surface area contributed by atoms with Crippen LogP contribution in [0.3, 0.4) is 0 Å². The molecule has 8 atom stereocenters. The zero-order valence-corrected chi connectivity index (χ0v) is 26.7. The quantitative estimate of drug-likeness (QED) is 0.185. The summed E-state index contributed by atoms with van der Waals surface area (Å²) in [7, 11) is 0. The van der Waals surface area contributed by atoms with Gasteiger partial charge in [-0.3, -0.25) is 10.1 Å². The second-order valence-corrected chi connectivity index (χ2v) is 16.4. The maximum Gasteiger partial charge on any atom is 0.342 e. The summed E-state index contributed by atoms with van der Waals surface area (Å²) in [5, 5.41) is 21.1. The Morgan fingerprint density at radius 2 is 1.05 bits per heavy atom. The number of hydrogen-bond donors (Lipinski definition) is 1. The van der Waals surface area contributed by atoms with Crippen LogP contribution in [0.5, 0.6) is 0 Å². The molecule has 0 unspecified atom stereocenters. The molecule has 5 aliphatic carbocycles. The number of nitro groups is 1. The number of aromatic carboxylic acids is 1. The molecule has 0 heterocycles. The van der Waals surface area contributed by atoms with Gasteiger partial charge < -0.3 is 5.11 Å². The minimum Gasteiger partial charge on any atom is -0.477 e. The van der Waals surface area contributed by atoms with E-state index in [1.165, 1.54) is 0 Å². The molecule has 17 heteroatoms. The first-order chi connectivity index (χ1) is 17.2. The molecule has 5 aliphatic rings. The van der Waals surface area contributed by atoms with E-state index in [4.69, 9.17) is 139 Å². The first-order valence-corrected chi connectivity index (χ1v) is 15.0. The number of hydrogen-bond acceptors (Lipinski definition) is 3. The van der Waals surface area contributed by atoms with Crippen LogP contribution < -0.4 is 0 Å². The van der Waals surface area contributed by atoms with Gasteiger partial charge in [0.25, 0.3) is 5.69 Å². The highest BCUT2D eigenvalue weighted by Gasteiger charge is 2.91. The van der Waals surface area contributed by atoms with Gasteiger partial charge >= 0.3 is 5.97 Å². The number of benzene rings is 1. The lowest BCUT2D eigenvalue weighted by Crippen LogP contribution is -2.53. The average Bonchev–Trinajstić information content (AvgIpc) is 3.17. The summed E-state index contributed by atoms with van der Waals surface area (Å²) in [6.07, 6.45) is 0. The summed E-state index contributed by atoms with van der Waals surface area (Å²) in [6.45, 7) is 0. The fourth-order valence-electron chi connectivity index (χ4n) is 7.26. The van der Waals surface area contributed by atoms with Crippen molar-refractivity contribution in [1.29, 1.82) is 0 Å². The van der Waals surface area contributed by atoms with Gasteiger partial charge in [0.1, 0.15) is 25.1 Å². The molecule has 5 nitrogen and oxygen atoms in total. The highest BCUT2D eigenvalue weighted by atomic mass is 35.5. The summed E-state index contributed by atoms with van der Waals surface area (Å²) < 4.78 is -4.23. The number of carboxylic acid groups (broad SMARTS) is 1. The van der Waals surface area contributed by atoms with Crippen molar-refractivity contribution >= 4 is 151 Å². The van der Waals surface area contributed by atoms with Crippen molar-refractivity contribution in [3.8, 4) is 0 Å². The third-order valence-corrected chi connectivity index (χ3v) is 17.2. The number of carboxylic acids is 1. The molecular formula is C21H7Cl12NO4. The van der Waals surface area contributed by atoms with Gasteiger partial charge in [0, 0.05) is 29.7 Å². The Bertz CT molecular complexity index is 1380. The van der Waals surface area contributed by atoms with Crippen LogP contribution in [-0.4, -0.2) is 44.2 Å². The Hall–Kier alpha value is 1.05. The molecule has 0 spiro atoms. The lowest BCUT2D eigenvalue weighted by molar-refractivity contribution is -0.385. The van der Waals surface area contributed by atoms with Crippen LogP contribution in [0.25, 0.3) is 0 Å². The number of alkyl halides is 8. The molecule has 0 saturated heterocycles. The molecule has 2 fully saturated rings. The normalized spacial score (nSPS) is 44.8. The van der Waals surface area contributed by atoms with Crippen LogP contribution in [0, 0.1) is 22.0 Å². The molecule has 1 aromatic rings. The lowest BCUT2D eigenvalue weighted by Gasteiger charge is -2.52. The highest BCUT2D eigenvalue weighted by molar-refractivity contribution is 6.67. The van der Waals surface area contributed by atoms with Crippen LogP contribution in [-0.2, 0) is 0 Å². The summed E-state index contributed by atoms with van der Waals surface area (Å²) in [4.78, 5) is 15.5. The van der Waals surface area contributed by atoms with Crippen LogP contribution in [0.4, 0.5) is 5.69 Å². The van der Waals surface area contributed by atoms with E-state index >= 15 is 0 Å². The first kappa shape index (κ1) is 29.1. The second kappa shape index (κ2) is 7.95. The van der Waals surface area contributed by atoms with E-state index in [2.05, 4.69) is 0 Å². The van der Waals surface area contributed by atoms with E-state index in [1.54, 1.807) is 0 Å². The van der Waals surface area contributed by atoms with Gasteiger partial charge in [-0.05, 0) is 17.2 Å². The average molecular weight is 763 g/mol. The van der Waals surface area contributed by atoms with Crippen molar-refractivity contribution in [1.82, 2.24) is 0 Å². The van der Waals surface area contributed by atoms with Gasteiger partial charge in [-0.15, -0.1) is 46.4 Å². The molecule has 204 valence electrons. The summed E-state index contributed by atoms with van der Waals surface area (Å²) in [6, 6.07) is 2.14. The fraction of sp³-hybridized carbons (Fsp3) is 0.476. The summed E-state index contributed by atoms with van der Waals surface area (Å²) in [5.74, 6) is -5.95. The number of carbonyl (C=O) groups is 1. The first-order valence-electron chi connectivity index (χ1n) is 10.4. The molecule has 0 amide bonds. The molecule has 0 aliphatic heterocycles. The molecule has 0 aromatic heterocycles. The van der Waals surface area contributed by atoms with Gasteiger partial charge in [-0.25, -0.2) is 4.79 Å². The summed E-state index contributed by atoms with van der Waals surface area (Å²) in [5.41, 5.74) is -1.09. The molecule has 1 N–H and O–H groups in total. The monoisotopic (exact) mass is 757 g/mol. The zero-order chi connectivity index (χ0) is 28.5. The Morgan fingerprint density at radius 3 is 1.39 bits per heavy atom. The van der Waals surface area contributed by atoms with Crippen LogP contribution >= 0.6 is 139 Å². The Labute approximate surface area is 274 Å². The molecular weight excluding hydrogens is 756 g/mol. The Kier molecular flexibility index (Phi) is 6.10. The number of nitrogens with zero attached hydrogens (tertiary/aromatic N) is 1. The van der Waals surface area contributed by atoms with Gasteiger partial charge in [0.15, 0.2) is 8.67 Å². The maximum atomic E-state index is 12.1. The van der Waals surface area contributed by atoms with Gasteiger partial charge in [0.2, 0.25) is 0 Å². The van der Waals surface area contributed by atoms with Crippen molar-refractivity contribution in [3.05, 3.63) is 59.1 Å². The van der Waals surface area contributed by atoms with Gasteiger partial charge in [-0.1, -0.05) is 92.8 Å². The molecule has 2 saturated carbocycles. The van der Waals surface area contributed by atoms with Crippen LogP contribution in [0.15, 0.2) is 32.3 Å². The third-order valence-electron chi connectivity index (χ3n) is 8.67. The van der Waals surface area contributed by atoms with Crippen molar-refractivity contribution in [2.75, 3.05) is 0 Å². The predicted octanol–water partition coefficient (Wildman–Crippen LogP) is 9.40. The maximum absolute atomic E-state index is 12.1. The molecule has 38 heavy (non-hydrogen) atoms. The van der Waals surface area contributed by atoms with E-state index in [0.29, 0.717) is 0 Å². The Balaban J connectivity index is 1.82. The summed E-state index contributed by atoms with van der Waals surface area (Å²) >= 11 is 82.8.